The molecule has 0 bridgehead atoms. The van der Waals surface area contributed by atoms with E-state index in [1.165, 1.54) is 6.20 Å². The summed E-state index contributed by atoms with van der Waals surface area (Å²) in [7, 11) is 1.78. The van der Waals surface area contributed by atoms with Gasteiger partial charge in [-0.2, -0.15) is 9.48 Å². The molecule has 1 heterocycles. The average molecular weight is 282 g/mol. The van der Waals surface area contributed by atoms with Crippen LogP contribution < -0.4 is 0 Å². The van der Waals surface area contributed by atoms with E-state index in [0.717, 1.165) is 3.84 Å². The van der Waals surface area contributed by atoms with Crippen LogP contribution in [0.15, 0.2) is 17.0 Å². The quantitative estimate of drug-likeness (QED) is 0.252. The summed E-state index contributed by atoms with van der Waals surface area (Å²) in [6.07, 6.45) is 1.32. The molecule has 0 fully saturated rings. The zero-order chi connectivity index (χ0) is 9.35. The van der Waals surface area contributed by atoms with Gasteiger partial charge in [0.05, 0.1) is 36.2 Å². The second-order valence-electron chi connectivity index (χ2n) is 2.65. The molecule has 1 rings (SSSR count). The molecule has 1 atom stereocenters. The second-order valence-corrected chi connectivity index (χ2v) is 3.62. The first-order chi connectivity index (χ1) is 5.52. The molecule has 0 aromatic heterocycles. The van der Waals surface area contributed by atoms with Crippen LogP contribution in [0.2, 0.25) is 0 Å². The number of hydrogen-bond donors (Lipinski definition) is 0. The van der Waals surface area contributed by atoms with Gasteiger partial charge < -0.3 is 0 Å². The summed E-state index contributed by atoms with van der Waals surface area (Å²) in [6.45, 7) is 2.55. The van der Waals surface area contributed by atoms with Crippen molar-refractivity contribution in [3.8, 4) is 0 Å². The van der Waals surface area contributed by atoms with Gasteiger partial charge in [-0.05, 0) is 6.92 Å². The van der Waals surface area contributed by atoms with Crippen LogP contribution in [0.4, 0.5) is 0 Å². The molecular formula is C6H9IN3O2+. The number of quaternary nitrogens is 1. The third-order valence-corrected chi connectivity index (χ3v) is 3.36. The molecular weight excluding hydrogens is 273 g/mol. The van der Waals surface area contributed by atoms with Gasteiger partial charge in [0.1, 0.15) is 4.92 Å². The summed E-state index contributed by atoms with van der Waals surface area (Å²) in [5, 5.41) is 10.6. The largest absolute Gasteiger partial charge is 0.452 e. The molecule has 0 aromatic carbocycles. The molecule has 0 N–H and O–H groups in total. The zero-order valence-corrected chi connectivity index (χ0v) is 8.98. The molecule has 0 aliphatic carbocycles. The molecule has 1 aliphatic rings. The van der Waals surface area contributed by atoms with Crippen molar-refractivity contribution in [1.29, 1.82) is 0 Å². The van der Waals surface area contributed by atoms with E-state index in [9.17, 15) is 10.1 Å². The lowest BCUT2D eigenvalue weighted by atomic mass is 10.5. The smallest absolute Gasteiger partial charge is 0.254 e. The Morgan fingerprint density at radius 1 is 1.83 bits per heavy atom. The first kappa shape index (κ1) is 9.59. The van der Waals surface area contributed by atoms with E-state index in [0.29, 0.717) is 6.54 Å². The van der Waals surface area contributed by atoms with Crippen molar-refractivity contribution in [3.05, 3.63) is 22.1 Å². The molecule has 66 valence electrons. The van der Waals surface area contributed by atoms with Crippen molar-refractivity contribution in [1.82, 2.24) is 0 Å². The van der Waals surface area contributed by atoms with Crippen molar-refractivity contribution in [3.63, 3.8) is 0 Å². The predicted molar refractivity (Wildman–Crippen MR) is 53.3 cm³/mol. The van der Waals surface area contributed by atoms with E-state index < -0.39 is 0 Å². The van der Waals surface area contributed by atoms with Crippen LogP contribution in [0.1, 0.15) is 6.92 Å². The number of aliphatic imine (C=N–C) groups is 1. The Hall–Kier alpha value is -0.500. The van der Waals surface area contributed by atoms with Crippen LogP contribution in [0.3, 0.4) is 0 Å². The fourth-order valence-electron chi connectivity index (χ4n) is 0.980. The fraction of sp³-hybridized carbons (Fsp3) is 0.500. The Kier molecular flexibility index (Phi) is 2.47. The SMILES string of the molecule is CC[N+]1(C)C([N+](=O)[O-])=CN=C1I. The number of halogens is 1. The topological polar surface area (TPSA) is 55.5 Å². The maximum atomic E-state index is 10.6. The van der Waals surface area contributed by atoms with Crippen molar-refractivity contribution < 1.29 is 9.41 Å². The van der Waals surface area contributed by atoms with E-state index in [2.05, 4.69) is 4.99 Å². The van der Waals surface area contributed by atoms with Gasteiger partial charge in [-0.3, -0.25) is 10.1 Å². The highest BCUT2D eigenvalue weighted by atomic mass is 127. The molecule has 0 saturated heterocycles. The molecule has 5 nitrogen and oxygen atoms in total. The number of nitro groups is 1. The molecule has 0 saturated carbocycles. The number of rotatable bonds is 2. The molecule has 6 heteroatoms. The number of nitrogens with zero attached hydrogens (tertiary/aromatic N) is 3. The molecule has 0 amide bonds. The molecule has 1 aliphatic heterocycles. The second kappa shape index (κ2) is 3.09. The summed E-state index contributed by atoms with van der Waals surface area (Å²) < 4.78 is 0.940. The molecule has 1 unspecified atom stereocenters. The Morgan fingerprint density at radius 2 is 2.42 bits per heavy atom. The first-order valence-electron chi connectivity index (χ1n) is 3.47. The van der Waals surface area contributed by atoms with Crippen molar-refractivity contribution in [2.45, 2.75) is 6.92 Å². The van der Waals surface area contributed by atoms with E-state index in [1.54, 1.807) is 7.05 Å². The number of hydrogen-bond acceptors (Lipinski definition) is 3. The summed E-state index contributed by atoms with van der Waals surface area (Å²) in [4.78, 5) is 14.1. The van der Waals surface area contributed by atoms with E-state index in [-0.39, 0.29) is 15.2 Å². The molecule has 0 aromatic rings. The van der Waals surface area contributed by atoms with Gasteiger partial charge in [0, 0.05) is 0 Å². The Morgan fingerprint density at radius 3 is 2.75 bits per heavy atom. The normalized spacial score (nSPS) is 28.2. The minimum Gasteiger partial charge on any atom is -0.254 e. The van der Waals surface area contributed by atoms with Gasteiger partial charge in [-0.1, -0.05) is 0 Å². The van der Waals surface area contributed by atoms with Crippen LogP contribution in [-0.2, 0) is 0 Å². The van der Waals surface area contributed by atoms with Gasteiger partial charge >= 0.3 is 5.82 Å². The van der Waals surface area contributed by atoms with Crippen molar-refractivity contribution in [2.75, 3.05) is 13.6 Å². The summed E-state index contributed by atoms with van der Waals surface area (Å²) >= 11 is 2.03. The highest BCUT2D eigenvalue weighted by Crippen LogP contribution is 2.25. The van der Waals surface area contributed by atoms with E-state index in [4.69, 9.17) is 0 Å². The summed E-state index contributed by atoms with van der Waals surface area (Å²) in [5.74, 6) is 0.141. The third-order valence-electron chi connectivity index (χ3n) is 2.02. The van der Waals surface area contributed by atoms with Crippen LogP contribution in [0.5, 0.6) is 0 Å². The highest BCUT2D eigenvalue weighted by molar-refractivity contribution is 14.1. The molecule has 12 heavy (non-hydrogen) atoms. The minimum atomic E-state index is -0.376. The Labute approximate surface area is 83.6 Å². The van der Waals surface area contributed by atoms with E-state index >= 15 is 0 Å². The van der Waals surface area contributed by atoms with Crippen LogP contribution in [0, 0.1) is 10.1 Å². The summed E-state index contributed by atoms with van der Waals surface area (Å²) in [6, 6.07) is 0. The van der Waals surface area contributed by atoms with Crippen molar-refractivity contribution >= 4 is 26.4 Å². The summed E-state index contributed by atoms with van der Waals surface area (Å²) in [5.41, 5.74) is 0. The van der Waals surface area contributed by atoms with Gasteiger partial charge in [0.15, 0.2) is 6.20 Å². The lowest BCUT2D eigenvalue weighted by Gasteiger charge is -2.21. The average Bonchev–Trinajstić information content (AvgIpc) is 2.30. The monoisotopic (exact) mass is 282 g/mol. The lowest BCUT2D eigenvalue weighted by Crippen LogP contribution is -2.45. The zero-order valence-electron chi connectivity index (χ0n) is 6.82. The van der Waals surface area contributed by atoms with Crippen molar-refractivity contribution in [2.24, 2.45) is 4.99 Å². The predicted octanol–water partition coefficient (Wildman–Crippen LogP) is 1.33. The van der Waals surface area contributed by atoms with Gasteiger partial charge in [-0.15, -0.1) is 0 Å². The fourth-order valence-corrected chi connectivity index (χ4v) is 1.71. The minimum absolute atomic E-state index is 0.141. The maximum Gasteiger partial charge on any atom is 0.452 e. The Balaban J connectivity index is 3.04. The first-order valence-corrected chi connectivity index (χ1v) is 4.54. The van der Waals surface area contributed by atoms with Gasteiger partial charge in [0.25, 0.3) is 3.84 Å². The lowest BCUT2D eigenvalue weighted by molar-refractivity contribution is -0.840. The number of amidine groups is 1. The van der Waals surface area contributed by atoms with Crippen LogP contribution in [-0.4, -0.2) is 26.8 Å². The van der Waals surface area contributed by atoms with E-state index in [1.807, 2.05) is 29.5 Å². The Bertz CT molecular complexity index is 287. The van der Waals surface area contributed by atoms with Gasteiger partial charge in [-0.25, -0.2) is 0 Å². The van der Waals surface area contributed by atoms with Gasteiger partial charge in [0.2, 0.25) is 0 Å². The standard InChI is InChI=1S/C6H9IN3O2/c1-3-10(2)5(9(11)12)4-8-6(10)7/h4H,3H2,1-2H3/q+1. The molecule has 0 radical (unpaired) electrons. The third kappa shape index (κ3) is 1.24. The molecule has 0 spiro atoms. The van der Waals surface area contributed by atoms with Crippen LogP contribution in [0.25, 0.3) is 0 Å². The van der Waals surface area contributed by atoms with Crippen LogP contribution >= 0.6 is 22.6 Å². The highest BCUT2D eigenvalue weighted by Gasteiger charge is 2.44. The maximum absolute atomic E-state index is 10.6.